The molecule has 0 aliphatic carbocycles. The fraction of sp³-hybridized carbons (Fsp3) is 0.250. The van der Waals surface area contributed by atoms with Crippen LogP contribution in [-0.2, 0) is 0 Å². The molecule has 0 saturated heterocycles. The van der Waals surface area contributed by atoms with Gasteiger partial charge in [-0.3, -0.25) is 0 Å². The highest BCUT2D eigenvalue weighted by Crippen LogP contribution is 2.25. The van der Waals surface area contributed by atoms with Crippen LogP contribution in [0.3, 0.4) is 0 Å². The summed E-state index contributed by atoms with van der Waals surface area (Å²) < 4.78 is 5.65. The summed E-state index contributed by atoms with van der Waals surface area (Å²) in [7, 11) is 0. The lowest BCUT2D eigenvalue weighted by Crippen LogP contribution is -2.19. The number of nitrogens with zero attached hydrogens (tertiary/aromatic N) is 3. The third kappa shape index (κ3) is 4.49. The van der Waals surface area contributed by atoms with Crippen LogP contribution in [0.4, 0.5) is 0 Å². The minimum absolute atomic E-state index is 0.143. The number of para-hydroxylation sites is 1. The van der Waals surface area contributed by atoms with E-state index < -0.39 is 12.2 Å². The molecule has 2 N–H and O–H groups in total. The van der Waals surface area contributed by atoms with Crippen molar-refractivity contribution in [3.8, 4) is 11.5 Å². The largest absolute Gasteiger partial charge is 0.457 e. The van der Waals surface area contributed by atoms with Crippen molar-refractivity contribution >= 4 is 0 Å². The SMILES string of the molecule is [N-]=[N+]=NCCC(O)C(O)c1ccc(Oc2ccccc2)cc1. The third-order valence-corrected chi connectivity index (χ3v) is 3.15. The molecule has 2 atom stereocenters. The van der Waals surface area contributed by atoms with Gasteiger partial charge in [0, 0.05) is 11.5 Å². The first-order valence-electron chi connectivity index (χ1n) is 6.90. The predicted octanol–water partition coefficient (Wildman–Crippen LogP) is 3.57. The molecular formula is C16H17N3O3. The van der Waals surface area contributed by atoms with Gasteiger partial charge in [-0.15, -0.1) is 0 Å². The van der Waals surface area contributed by atoms with E-state index in [0.717, 1.165) is 5.75 Å². The molecule has 0 aliphatic rings. The van der Waals surface area contributed by atoms with Gasteiger partial charge in [-0.05, 0) is 41.8 Å². The number of benzene rings is 2. The van der Waals surface area contributed by atoms with Gasteiger partial charge in [0.1, 0.15) is 17.6 Å². The quantitative estimate of drug-likeness (QED) is 0.464. The van der Waals surface area contributed by atoms with Gasteiger partial charge in [0.05, 0.1) is 6.10 Å². The molecule has 0 amide bonds. The van der Waals surface area contributed by atoms with Crippen molar-refractivity contribution in [3.63, 3.8) is 0 Å². The molecule has 2 unspecified atom stereocenters. The number of aliphatic hydroxyl groups excluding tert-OH is 2. The molecule has 0 aliphatic heterocycles. The molecule has 2 aromatic rings. The molecule has 0 aromatic heterocycles. The van der Waals surface area contributed by atoms with Crippen LogP contribution in [0.5, 0.6) is 11.5 Å². The maximum atomic E-state index is 10.0. The highest BCUT2D eigenvalue weighted by Gasteiger charge is 2.17. The Morgan fingerprint density at radius 2 is 1.64 bits per heavy atom. The first kappa shape index (κ1) is 15.9. The summed E-state index contributed by atoms with van der Waals surface area (Å²) in [4.78, 5) is 2.61. The van der Waals surface area contributed by atoms with Crippen LogP contribution in [0.2, 0.25) is 0 Å². The van der Waals surface area contributed by atoms with Crippen molar-refractivity contribution < 1.29 is 14.9 Å². The van der Waals surface area contributed by atoms with Gasteiger partial charge >= 0.3 is 0 Å². The number of hydrogen-bond acceptors (Lipinski definition) is 4. The lowest BCUT2D eigenvalue weighted by atomic mass is 10.0. The van der Waals surface area contributed by atoms with Gasteiger partial charge in [-0.2, -0.15) is 0 Å². The zero-order valence-electron chi connectivity index (χ0n) is 11.9. The Hall–Kier alpha value is -2.53. The van der Waals surface area contributed by atoms with Crippen LogP contribution < -0.4 is 4.74 Å². The summed E-state index contributed by atoms with van der Waals surface area (Å²) in [5.74, 6) is 1.37. The molecule has 0 saturated carbocycles. The lowest BCUT2D eigenvalue weighted by molar-refractivity contribution is 0.0150. The standard InChI is InChI=1S/C16H17N3O3/c17-19-18-11-10-15(20)16(21)12-6-8-14(9-7-12)22-13-4-2-1-3-5-13/h1-9,15-16,20-21H,10-11H2. The molecule has 0 radical (unpaired) electrons. The Labute approximate surface area is 128 Å². The van der Waals surface area contributed by atoms with E-state index in [4.69, 9.17) is 10.3 Å². The molecule has 114 valence electrons. The Kier molecular flexibility index (Phi) is 5.80. The van der Waals surface area contributed by atoms with Crippen molar-refractivity contribution in [3.05, 3.63) is 70.6 Å². The van der Waals surface area contributed by atoms with Gasteiger partial charge < -0.3 is 14.9 Å². The lowest BCUT2D eigenvalue weighted by Gasteiger charge is -2.17. The summed E-state index contributed by atoms with van der Waals surface area (Å²) in [6, 6.07) is 16.2. The molecule has 2 rings (SSSR count). The Balaban J connectivity index is 1.97. The second-order valence-corrected chi connectivity index (χ2v) is 4.74. The molecule has 22 heavy (non-hydrogen) atoms. The summed E-state index contributed by atoms with van der Waals surface area (Å²) in [6.07, 6.45) is -1.81. The van der Waals surface area contributed by atoms with Gasteiger partial charge in [0.2, 0.25) is 0 Å². The number of aliphatic hydroxyl groups is 2. The molecule has 6 nitrogen and oxygen atoms in total. The molecule has 0 bridgehead atoms. The van der Waals surface area contributed by atoms with Crippen molar-refractivity contribution in [1.29, 1.82) is 0 Å². The number of rotatable bonds is 7. The molecule has 0 heterocycles. The molecule has 0 fully saturated rings. The van der Waals surface area contributed by atoms with Gasteiger partial charge in [-0.1, -0.05) is 35.4 Å². The maximum Gasteiger partial charge on any atom is 0.127 e. The predicted molar refractivity (Wildman–Crippen MR) is 82.6 cm³/mol. The average molecular weight is 299 g/mol. The van der Waals surface area contributed by atoms with E-state index in [1.54, 1.807) is 24.3 Å². The van der Waals surface area contributed by atoms with Crippen molar-refractivity contribution in [2.24, 2.45) is 5.11 Å². The first-order chi connectivity index (χ1) is 10.7. The molecule has 6 heteroatoms. The van der Waals surface area contributed by atoms with E-state index in [1.165, 1.54) is 0 Å². The fourth-order valence-corrected chi connectivity index (χ4v) is 1.97. The van der Waals surface area contributed by atoms with Crippen molar-refractivity contribution in [2.75, 3.05) is 6.54 Å². The normalized spacial score (nSPS) is 13.0. The molecule has 2 aromatic carbocycles. The Morgan fingerprint density at radius 3 is 2.27 bits per heavy atom. The molecular weight excluding hydrogens is 282 g/mol. The van der Waals surface area contributed by atoms with E-state index in [-0.39, 0.29) is 13.0 Å². The third-order valence-electron chi connectivity index (χ3n) is 3.15. The van der Waals surface area contributed by atoms with Gasteiger partial charge in [0.15, 0.2) is 0 Å². The molecule has 0 spiro atoms. The van der Waals surface area contributed by atoms with Gasteiger partial charge in [-0.25, -0.2) is 0 Å². The van der Waals surface area contributed by atoms with Crippen LogP contribution >= 0.6 is 0 Å². The van der Waals surface area contributed by atoms with Crippen LogP contribution in [0.1, 0.15) is 18.1 Å². The van der Waals surface area contributed by atoms with Crippen LogP contribution in [0, 0.1) is 0 Å². The Bertz CT molecular complexity index is 625. The van der Waals surface area contributed by atoms with E-state index in [1.807, 2.05) is 30.3 Å². The monoisotopic (exact) mass is 299 g/mol. The zero-order valence-corrected chi connectivity index (χ0v) is 11.9. The summed E-state index contributed by atoms with van der Waals surface area (Å²) >= 11 is 0. The number of hydrogen-bond donors (Lipinski definition) is 2. The smallest absolute Gasteiger partial charge is 0.127 e. The van der Waals surface area contributed by atoms with Crippen LogP contribution in [-0.4, -0.2) is 22.9 Å². The van der Waals surface area contributed by atoms with E-state index in [0.29, 0.717) is 11.3 Å². The topological polar surface area (TPSA) is 98.5 Å². The van der Waals surface area contributed by atoms with Gasteiger partial charge in [0.25, 0.3) is 0 Å². The average Bonchev–Trinajstić information content (AvgIpc) is 2.56. The highest BCUT2D eigenvalue weighted by molar-refractivity contribution is 5.33. The fourth-order valence-electron chi connectivity index (χ4n) is 1.97. The second kappa shape index (κ2) is 8.05. The van der Waals surface area contributed by atoms with Crippen LogP contribution in [0.15, 0.2) is 59.7 Å². The van der Waals surface area contributed by atoms with Crippen molar-refractivity contribution in [1.82, 2.24) is 0 Å². The second-order valence-electron chi connectivity index (χ2n) is 4.74. The number of azide groups is 1. The first-order valence-corrected chi connectivity index (χ1v) is 6.90. The highest BCUT2D eigenvalue weighted by atomic mass is 16.5. The zero-order chi connectivity index (χ0) is 15.8. The summed E-state index contributed by atoms with van der Waals surface area (Å²) in [6.45, 7) is 0.143. The summed E-state index contributed by atoms with van der Waals surface area (Å²) in [5, 5.41) is 23.2. The van der Waals surface area contributed by atoms with E-state index in [9.17, 15) is 10.2 Å². The summed E-state index contributed by atoms with van der Waals surface area (Å²) in [5.41, 5.74) is 8.76. The van der Waals surface area contributed by atoms with E-state index in [2.05, 4.69) is 10.0 Å². The minimum atomic E-state index is -1.03. The van der Waals surface area contributed by atoms with Crippen molar-refractivity contribution in [2.45, 2.75) is 18.6 Å². The minimum Gasteiger partial charge on any atom is -0.457 e. The van der Waals surface area contributed by atoms with Crippen LogP contribution in [0.25, 0.3) is 10.4 Å². The number of ether oxygens (including phenoxy) is 1. The maximum absolute atomic E-state index is 10.0. The Morgan fingerprint density at radius 1 is 1.00 bits per heavy atom. The van der Waals surface area contributed by atoms with E-state index >= 15 is 0 Å².